The lowest BCUT2D eigenvalue weighted by Crippen LogP contribution is -2.27. The summed E-state index contributed by atoms with van der Waals surface area (Å²) in [7, 11) is -1.23. The van der Waals surface area contributed by atoms with Gasteiger partial charge in [0, 0.05) is 17.5 Å². The number of aromatic nitrogens is 1. The Morgan fingerprint density at radius 3 is 2.24 bits per heavy atom. The van der Waals surface area contributed by atoms with E-state index in [0.717, 1.165) is 7.11 Å². The normalized spacial score (nSPS) is 10.8. The van der Waals surface area contributed by atoms with Gasteiger partial charge in [-0.2, -0.15) is 8.42 Å². The van der Waals surface area contributed by atoms with Crippen LogP contribution in [0.5, 0.6) is 0 Å². The van der Waals surface area contributed by atoms with E-state index in [4.69, 9.17) is 4.55 Å². The van der Waals surface area contributed by atoms with Crippen LogP contribution >= 0.6 is 0 Å². The number of para-hydroxylation sites is 1. The molecule has 1 N–H and O–H groups in total. The van der Waals surface area contributed by atoms with Crippen LogP contribution in [0, 0.1) is 0 Å². The molecule has 0 aliphatic heterocycles. The van der Waals surface area contributed by atoms with Crippen LogP contribution in [0.25, 0.3) is 10.9 Å². The van der Waals surface area contributed by atoms with Gasteiger partial charge in [0.2, 0.25) is 5.52 Å². The summed E-state index contributed by atoms with van der Waals surface area (Å²) in [4.78, 5) is 0. The predicted molar refractivity (Wildman–Crippen MR) is 63.7 cm³/mol. The van der Waals surface area contributed by atoms with E-state index in [2.05, 4.69) is 58.4 Å². The first-order valence-corrected chi connectivity index (χ1v) is 6.17. The van der Waals surface area contributed by atoms with Crippen molar-refractivity contribution in [1.82, 2.24) is 0 Å². The van der Waals surface area contributed by atoms with E-state index in [9.17, 15) is 8.42 Å². The molecule has 0 amide bonds. The van der Waals surface area contributed by atoms with E-state index < -0.39 is 10.4 Å². The second kappa shape index (κ2) is 5.72. The molecule has 1 heterocycles. The molecular weight excluding hydrogens is 242 g/mol. The fourth-order valence-corrected chi connectivity index (χ4v) is 1.31. The molecule has 2 rings (SSSR count). The van der Waals surface area contributed by atoms with Gasteiger partial charge < -0.3 is 0 Å². The first kappa shape index (κ1) is 13.6. The van der Waals surface area contributed by atoms with E-state index >= 15 is 0 Å². The van der Waals surface area contributed by atoms with Gasteiger partial charge in [0.1, 0.15) is 7.05 Å². The lowest BCUT2D eigenvalue weighted by Gasteiger charge is -1.93. The van der Waals surface area contributed by atoms with E-state index in [0.29, 0.717) is 0 Å². The van der Waals surface area contributed by atoms with Crippen LogP contribution in [0.1, 0.15) is 0 Å². The van der Waals surface area contributed by atoms with Crippen molar-refractivity contribution in [2.75, 3.05) is 7.11 Å². The third-order valence-corrected chi connectivity index (χ3v) is 2.53. The minimum absolute atomic E-state index is 0.870. The Hall–Kier alpha value is -1.50. The van der Waals surface area contributed by atoms with Crippen LogP contribution in [0.2, 0.25) is 0 Å². The number of nitrogens with zero attached hydrogens (tertiary/aromatic N) is 1. The molecule has 0 atom stereocenters. The molecule has 0 radical (unpaired) electrons. The molecular formula is C11H14NO4S+. The zero-order chi connectivity index (χ0) is 12.9. The van der Waals surface area contributed by atoms with Crippen molar-refractivity contribution in [3.8, 4) is 0 Å². The molecule has 92 valence electrons. The van der Waals surface area contributed by atoms with Gasteiger partial charge in [0.25, 0.3) is 0 Å². The highest BCUT2D eigenvalue weighted by atomic mass is 32.3. The highest BCUT2D eigenvalue weighted by molar-refractivity contribution is 7.80. The maximum atomic E-state index is 9.33. The smallest absolute Gasteiger partial charge is 0.264 e. The van der Waals surface area contributed by atoms with Gasteiger partial charge in [0.05, 0.1) is 7.11 Å². The third-order valence-electron chi connectivity index (χ3n) is 2.11. The average molecular weight is 256 g/mol. The zero-order valence-corrected chi connectivity index (χ0v) is 10.4. The molecule has 17 heavy (non-hydrogen) atoms. The van der Waals surface area contributed by atoms with Crippen LogP contribution in [0.15, 0.2) is 42.6 Å². The Labute approximate surface area is 100 Å². The van der Waals surface area contributed by atoms with Crippen LogP contribution in [-0.2, 0) is 21.6 Å². The predicted octanol–water partition coefficient (Wildman–Crippen LogP) is 1.10. The van der Waals surface area contributed by atoms with Crippen molar-refractivity contribution in [3.63, 3.8) is 0 Å². The molecule has 5 nitrogen and oxygen atoms in total. The van der Waals surface area contributed by atoms with Crippen LogP contribution < -0.4 is 4.57 Å². The van der Waals surface area contributed by atoms with Gasteiger partial charge in [-0.15, -0.1) is 0 Å². The number of benzene rings is 1. The fourth-order valence-electron chi connectivity index (χ4n) is 1.31. The quantitative estimate of drug-likeness (QED) is 0.613. The average Bonchev–Trinajstić information content (AvgIpc) is 2.30. The standard InChI is InChI=1S/C10H10N.CH4O4S/c1-11-8-4-6-9-5-2-3-7-10(9)11;1-5-6(2,3)4/h2-8H,1H3;1H3,(H,2,3,4)/q+1;. The van der Waals surface area contributed by atoms with Crippen molar-refractivity contribution in [2.45, 2.75) is 0 Å². The van der Waals surface area contributed by atoms with Gasteiger partial charge in [-0.05, 0) is 12.1 Å². The molecule has 2 aromatic rings. The summed E-state index contributed by atoms with van der Waals surface area (Å²) in [6.07, 6.45) is 2.06. The van der Waals surface area contributed by atoms with Crippen LogP contribution in [-0.4, -0.2) is 20.1 Å². The SMILES string of the molecule is COS(=O)(=O)O.C[n+]1cccc2ccccc21. The topological polar surface area (TPSA) is 67.5 Å². The second-order valence-electron chi connectivity index (χ2n) is 3.27. The molecule has 0 aliphatic rings. The lowest BCUT2D eigenvalue weighted by molar-refractivity contribution is -0.644. The number of rotatable bonds is 1. The number of aryl methyl sites for hydroxylation is 1. The summed E-state index contributed by atoms with van der Waals surface area (Å²) >= 11 is 0. The molecule has 6 heteroatoms. The van der Waals surface area contributed by atoms with E-state index in [1.54, 1.807) is 0 Å². The van der Waals surface area contributed by atoms with Crippen molar-refractivity contribution in [2.24, 2.45) is 7.05 Å². The Kier molecular flexibility index (Phi) is 4.56. The van der Waals surface area contributed by atoms with Gasteiger partial charge >= 0.3 is 10.4 Å². The van der Waals surface area contributed by atoms with Crippen molar-refractivity contribution in [3.05, 3.63) is 42.6 Å². The summed E-state index contributed by atoms with van der Waals surface area (Å²) in [5, 5.41) is 1.29. The Morgan fingerprint density at radius 2 is 1.71 bits per heavy atom. The maximum Gasteiger partial charge on any atom is 0.397 e. The van der Waals surface area contributed by atoms with Crippen molar-refractivity contribution in [1.29, 1.82) is 0 Å². The molecule has 0 aliphatic carbocycles. The number of hydrogen-bond acceptors (Lipinski definition) is 3. The summed E-state index contributed by atoms with van der Waals surface area (Å²) in [5.41, 5.74) is 1.27. The molecule has 0 saturated carbocycles. The summed E-state index contributed by atoms with van der Waals surface area (Å²) in [6.45, 7) is 0. The minimum atomic E-state index is -4.16. The van der Waals surface area contributed by atoms with Gasteiger partial charge in [-0.25, -0.2) is 4.57 Å². The highest BCUT2D eigenvalue weighted by Gasteiger charge is 1.99. The second-order valence-corrected chi connectivity index (χ2v) is 4.46. The molecule has 0 saturated heterocycles. The highest BCUT2D eigenvalue weighted by Crippen LogP contribution is 2.06. The Morgan fingerprint density at radius 1 is 1.18 bits per heavy atom. The summed E-state index contributed by atoms with van der Waals surface area (Å²) in [5.74, 6) is 0. The van der Waals surface area contributed by atoms with Crippen molar-refractivity contribution < 1.29 is 21.7 Å². The zero-order valence-electron chi connectivity index (χ0n) is 9.57. The van der Waals surface area contributed by atoms with E-state index in [1.165, 1.54) is 10.9 Å². The first-order valence-electron chi connectivity index (χ1n) is 4.80. The third kappa shape index (κ3) is 4.48. The Bertz CT molecular complexity index is 590. The Balaban J connectivity index is 0.000000209. The molecule has 0 unspecified atom stereocenters. The summed E-state index contributed by atoms with van der Waals surface area (Å²) < 4.78 is 31.8. The number of hydrogen-bond donors (Lipinski definition) is 1. The number of fused-ring (bicyclic) bond motifs is 1. The molecule has 1 aromatic heterocycles. The minimum Gasteiger partial charge on any atom is -0.264 e. The lowest BCUT2D eigenvalue weighted by atomic mass is 10.2. The van der Waals surface area contributed by atoms with E-state index in [1.807, 2.05) is 0 Å². The largest absolute Gasteiger partial charge is 0.397 e. The van der Waals surface area contributed by atoms with Gasteiger partial charge in [-0.3, -0.25) is 8.74 Å². The summed E-state index contributed by atoms with van der Waals surface area (Å²) in [6, 6.07) is 12.5. The maximum absolute atomic E-state index is 9.33. The fraction of sp³-hybridized carbons (Fsp3) is 0.182. The van der Waals surface area contributed by atoms with E-state index in [-0.39, 0.29) is 0 Å². The molecule has 1 aromatic carbocycles. The van der Waals surface area contributed by atoms with Gasteiger partial charge in [-0.1, -0.05) is 12.1 Å². The molecule has 0 fully saturated rings. The van der Waals surface area contributed by atoms with Crippen LogP contribution in [0.4, 0.5) is 0 Å². The van der Waals surface area contributed by atoms with Gasteiger partial charge in [0.15, 0.2) is 6.20 Å². The number of pyridine rings is 1. The monoisotopic (exact) mass is 256 g/mol. The van der Waals surface area contributed by atoms with Crippen LogP contribution in [0.3, 0.4) is 0 Å². The molecule has 0 bridgehead atoms. The van der Waals surface area contributed by atoms with Crippen molar-refractivity contribution >= 4 is 21.3 Å². The molecule has 0 spiro atoms. The first-order chi connectivity index (χ1) is 7.94.